The Morgan fingerprint density at radius 2 is 1.78 bits per heavy atom. The fraction of sp³-hybridized carbons (Fsp3) is 0.231. The van der Waals surface area contributed by atoms with Gasteiger partial charge in [-0.1, -0.05) is 17.7 Å². The Kier molecular flexibility index (Phi) is 5.94. The first-order valence-corrected chi connectivity index (χ1v) is 10.9. The molecule has 1 N–H and O–H groups in total. The zero-order chi connectivity index (χ0) is 23.0. The van der Waals surface area contributed by atoms with Crippen LogP contribution in [0.15, 0.2) is 63.9 Å². The Bertz CT molecular complexity index is 1330. The van der Waals surface area contributed by atoms with Crippen molar-refractivity contribution in [2.75, 3.05) is 24.3 Å². The number of aromatic nitrogens is 1. The smallest absolute Gasteiger partial charge is 0.196 e. The standard InChI is InChI=1S/C26H26ClN3O2/c1-15-12-21(17(3)29-19-8-11-23(27)28-14-19)26-22(13-15)24(31)16(2)25(32-26)18-6-9-20(10-7-18)30(4)5/h6-14,17,29H,1-5H3/t17-/m1/s1. The van der Waals surface area contributed by atoms with Gasteiger partial charge >= 0.3 is 0 Å². The maximum atomic E-state index is 13.3. The van der Waals surface area contributed by atoms with Gasteiger partial charge in [-0.05, 0) is 68.8 Å². The summed E-state index contributed by atoms with van der Waals surface area (Å²) in [7, 11) is 3.99. The summed E-state index contributed by atoms with van der Waals surface area (Å²) in [5.74, 6) is 0.596. The second-order valence-electron chi connectivity index (χ2n) is 8.29. The van der Waals surface area contributed by atoms with Gasteiger partial charge in [0.2, 0.25) is 0 Å². The van der Waals surface area contributed by atoms with E-state index in [-0.39, 0.29) is 11.5 Å². The number of nitrogens with one attached hydrogen (secondary N) is 1. The number of rotatable bonds is 5. The molecule has 0 radical (unpaired) electrons. The molecule has 0 fully saturated rings. The number of aryl methyl sites for hydroxylation is 1. The van der Waals surface area contributed by atoms with E-state index in [9.17, 15) is 4.79 Å². The van der Waals surface area contributed by atoms with E-state index in [1.165, 1.54) is 0 Å². The molecule has 2 heterocycles. The normalized spacial score (nSPS) is 12.1. The zero-order valence-electron chi connectivity index (χ0n) is 18.9. The third-order valence-electron chi connectivity index (χ3n) is 5.61. The predicted molar refractivity (Wildman–Crippen MR) is 133 cm³/mol. The number of pyridine rings is 1. The number of benzene rings is 2. The third kappa shape index (κ3) is 4.21. The Morgan fingerprint density at radius 1 is 1.06 bits per heavy atom. The number of fused-ring (bicyclic) bond motifs is 1. The molecule has 0 spiro atoms. The van der Waals surface area contributed by atoms with Gasteiger partial charge in [-0.2, -0.15) is 0 Å². The van der Waals surface area contributed by atoms with Crippen molar-refractivity contribution in [3.05, 3.63) is 86.8 Å². The molecular weight excluding hydrogens is 422 g/mol. The molecule has 5 nitrogen and oxygen atoms in total. The number of anilines is 2. The third-order valence-corrected chi connectivity index (χ3v) is 5.84. The van der Waals surface area contributed by atoms with Gasteiger partial charge in [-0.3, -0.25) is 4.79 Å². The van der Waals surface area contributed by atoms with Crippen molar-refractivity contribution in [1.29, 1.82) is 0 Å². The van der Waals surface area contributed by atoms with Crippen LogP contribution < -0.4 is 15.6 Å². The largest absolute Gasteiger partial charge is 0.455 e. The van der Waals surface area contributed by atoms with E-state index in [2.05, 4.69) is 16.4 Å². The SMILES string of the molecule is Cc1cc([C@@H](C)Nc2ccc(Cl)nc2)c2oc(-c3ccc(N(C)C)cc3)c(C)c(=O)c2c1. The lowest BCUT2D eigenvalue weighted by Crippen LogP contribution is -2.12. The van der Waals surface area contributed by atoms with Crippen molar-refractivity contribution in [3.8, 4) is 11.3 Å². The minimum atomic E-state index is -0.116. The average Bonchev–Trinajstić information content (AvgIpc) is 2.77. The molecule has 0 bridgehead atoms. The molecule has 0 amide bonds. The maximum Gasteiger partial charge on any atom is 0.196 e. The lowest BCUT2D eigenvalue weighted by Gasteiger charge is -2.19. The van der Waals surface area contributed by atoms with Crippen LogP contribution in [0, 0.1) is 13.8 Å². The Morgan fingerprint density at radius 3 is 2.41 bits per heavy atom. The average molecular weight is 448 g/mol. The topological polar surface area (TPSA) is 58.4 Å². The molecule has 2 aromatic carbocycles. The van der Waals surface area contributed by atoms with E-state index in [0.29, 0.717) is 27.4 Å². The van der Waals surface area contributed by atoms with Gasteiger partial charge in [0, 0.05) is 36.5 Å². The first-order valence-electron chi connectivity index (χ1n) is 10.5. The molecule has 0 saturated carbocycles. The molecule has 1 atom stereocenters. The molecule has 6 heteroatoms. The Labute approximate surface area is 192 Å². The quantitative estimate of drug-likeness (QED) is 0.360. The molecule has 0 unspecified atom stereocenters. The Hall–Kier alpha value is -3.31. The number of halogens is 1. The van der Waals surface area contributed by atoms with Crippen LogP contribution in [-0.4, -0.2) is 19.1 Å². The lowest BCUT2D eigenvalue weighted by molar-refractivity contribution is 0.605. The van der Waals surface area contributed by atoms with Crippen molar-refractivity contribution >= 4 is 33.9 Å². The van der Waals surface area contributed by atoms with E-state index in [1.54, 1.807) is 12.3 Å². The van der Waals surface area contributed by atoms with Crippen molar-refractivity contribution in [3.63, 3.8) is 0 Å². The highest BCUT2D eigenvalue weighted by Crippen LogP contribution is 2.32. The summed E-state index contributed by atoms with van der Waals surface area (Å²) < 4.78 is 6.43. The van der Waals surface area contributed by atoms with Crippen molar-refractivity contribution in [2.24, 2.45) is 0 Å². The summed E-state index contributed by atoms with van der Waals surface area (Å²) in [5.41, 5.74) is 5.91. The van der Waals surface area contributed by atoms with Crippen LogP contribution in [0.25, 0.3) is 22.3 Å². The van der Waals surface area contributed by atoms with E-state index < -0.39 is 0 Å². The minimum absolute atomic E-state index is 0.0109. The molecule has 2 aromatic heterocycles. The van der Waals surface area contributed by atoms with Crippen LogP contribution >= 0.6 is 11.6 Å². The number of hydrogen-bond acceptors (Lipinski definition) is 5. The van der Waals surface area contributed by atoms with Crippen molar-refractivity contribution in [2.45, 2.75) is 26.8 Å². The second-order valence-corrected chi connectivity index (χ2v) is 8.68. The first-order chi connectivity index (χ1) is 15.2. The molecule has 32 heavy (non-hydrogen) atoms. The van der Waals surface area contributed by atoms with Gasteiger partial charge < -0.3 is 14.6 Å². The molecule has 0 aliphatic carbocycles. The highest BCUT2D eigenvalue weighted by Gasteiger charge is 2.19. The molecule has 4 rings (SSSR count). The van der Waals surface area contributed by atoms with Crippen molar-refractivity contribution in [1.82, 2.24) is 4.98 Å². The van der Waals surface area contributed by atoms with Crippen LogP contribution in [0.3, 0.4) is 0 Å². The summed E-state index contributed by atoms with van der Waals surface area (Å²) in [6, 6.07) is 15.5. The van der Waals surface area contributed by atoms with Gasteiger partial charge in [0.05, 0.1) is 23.3 Å². The van der Waals surface area contributed by atoms with Crippen LogP contribution in [0.4, 0.5) is 11.4 Å². The number of hydrogen-bond donors (Lipinski definition) is 1. The minimum Gasteiger partial charge on any atom is -0.455 e. The number of nitrogens with zero attached hydrogens (tertiary/aromatic N) is 2. The molecule has 0 aliphatic rings. The summed E-state index contributed by atoms with van der Waals surface area (Å²) in [6.07, 6.45) is 1.69. The van der Waals surface area contributed by atoms with Gasteiger partial charge in [0.25, 0.3) is 0 Å². The summed E-state index contributed by atoms with van der Waals surface area (Å²) >= 11 is 5.91. The highest BCUT2D eigenvalue weighted by atomic mass is 35.5. The van der Waals surface area contributed by atoms with Crippen molar-refractivity contribution < 1.29 is 4.42 Å². The van der Waals surface area contributed by atoms with Gasteiger partial charge in [-0.25, -0.2) is 4.98 Å². The van der Waals surface area contributed by atoms with Crippen LogP contribution in [0.2, 0.25) is 5.15 Å². The predicted octanol–water partition coefficient (Wildman–Crippen LogP) is 6.36. The second kappa shape index (κ2) is 8.67. The highest BCUT2D eigenvalue weighted by molar-refractivity contribution is 6.29. The molecular formula is C26H26ClN3O2. The molecule has 0 saturated heterocycles. The van der Waals surface area contributed by atoms with E-state index >= 15 is 0 Å². The zero-order valence-corrected chi connectivity index (χ0v) is 19.6. The van der Waals surface area contributed by atoms with E-state index in [1.807, 2.05) is 76.2 Å². The van der Waals surface area contributed by atoms with Crippen LogP contribution in [0.1, 0.15) is 29.7 Å². The fourth-order valence-electron chi connectivity index (χ4n) is 3.86. The molecule has 0 aliphatic heterocycles. The van der Waals surface area contributed by atoms with Crippen LogP contribution in [-0.2, 0) is 0 Å². The van der Waals surface area contributed by atoms with E-state index in [4.69, 9.17) is 16.0 Å². The van der Waals surface area contributed by atoms with Crippen LogP contribution in [0.5, 0.6) is 0 Å². The maximum absolute atomic E-state index is 13.3. The summed E-state index contributed by atoms with van der Waals surface area (Å²) in [6.45, 7) is 5.85. The van der Waals surface area contributed by atoms with Gasteiger partial charge in [0.1, 0.15) is 16.5 Å². The summed E-state index contributed by atoms with van der Waals surface area (Å²) in [5, 5.41) is 4.46. The monoisotopic (exact) mass is 447 g/mol. The lowest BCUT2D eigenvalue weighted by atomic mass is 9.98. The Balaban J connectivity index is 1.84. The van der Waals surface area contributed by atoms with Gasteiger partial charge in [0.15, 0.2) is 5.43 Å². The molecule has 4 aromatic rings. The first kappa shape index (κ1) is 21.9. The van der Waals surface area contributed by atoms with Gasteiger partial charge in [-0.15, -0.1) is 0 Å². The molecule has 164 valence electrons. The summed E-state index contributed by atoms with van der Waals surface area (Å²) in [4.78, 5) is 19.5. The fourth-order valence-corrected chi connectivity index (χ4v) is 3.98. The van der Waals surface area contributed by atoms with E-state index in [0.717, 1.165) is 28.1 Å².